The van der Waals surface area contributed by atoms with Crippen molar-refractivity contribution < 1.29 is 27.5 Å². The van der Waals surface area contributed by atoms with Crippen molar-refractivity contribution in [3.8, 4) is 0 Å². The van der Waals surface area contributed by atoms with Crippen LogP contribution in [0.3, 0.4) is 0 Å². The number of alkyl carbamates (subject to hydrolysis) is 1. The van der Waals surface area contributed by atoms with Gasteiger partial charge < -0.3 is 15.0 Å². The summed E-state index contributed by atoms with van der Waals surface area (Å²) in [5.74, 6) is -0.476. The topological polar surface area (TPSA) is 155 Å². The van der Waals surface area contributed by atoms with Crippen molar-refractivity contribution in [1.29, 1.82) is 0 Å². The molecule has 0 spiro atoms. The van der Waals surface area contributed by atoms with Gasteiger partial charge in [-0.25, -0.2) is 18.0 Å². The summed E-state index contributed by atoms with van der Waals surface area (Å²) in [4.78, 5) is 55.0. The summed E-state index contributed by atoms with van der Waals surface area (Å²) in [5.41, 5.74) is 2.73. The van der Waals surface area contributed by atoms with Crippen LogP contribution < -0.4 is 21.2 Å². The molecule has 280 valence electrons. The molecule has 14 nitrogen and oxygen atoms in total. The molecule has 4 fully saturated rings. The van der Waals surface area contributed by atoms with Gasteiger partial charge in [0, 0.05) is 57.4 Å². The number of ether oxygens (including phenoxy) is 1. The second-order valence-corrected chi connectivity index (χ2v) is 17.5. The minimum Gasteiger partial charge on any atom is -0.444 e. The van der Waals surface area contributed by atoms with Gasteiger partial charge in [-0.1, -0.05) is 18.2 Å². The highest BCUT2D eigenvalue weighted by Crippen LogP contribution is 2.36. The predicted octanol–water partition coefficient (Wildman–Crippen LogP) is 3.06. The largest absolute Gasteiger partial charge is 0.444 e. The standard InChI is InChI=1S/C37H49N7O7S/c1-37(2,3)51-35(47)38-25-15-19-43(20-16-25)52(49,50)28-8-5-7-26(21-28)42-22-27(23-42)41-17-13-24(14-18-41)29-9-6-10-30-33(29)40(4)36(48)44(30)31-11-12-32(45)39-34(31)46/h5-10,21,24-25,27,31H,11-20,22-23H2,1-4H3,(H,38,47)(H,39,45,46). The number of carbonyl (C=O) groups excluding carboxylic acids is 3. The lowest BCUT2D eigenvalue weighted by Gasteiger charge is -2.49. The first-order valence-corrected chi connectivity index (χ1v) is 19.8. The lowest BCUT2D eigenvalue weighted by Crippen LogP contribution is -2.60. The molecule has 0 bridgehead atoms. The second-order valence-electron chi connectivity index (χ2n) is 15.6. The maximum atomic E-state index is 13.6. The van der Waals surface area contributed by atoms with Crippen molar-refractivity contribution in [2.45, 2.75) is 93.8 Å². The lowest BCUT2D eigenvalue weighted by atomic mass is 9.87. The highest BCUT2D eigenvalue weighted by atomic mass is 32.2. The molecule has 15 heteroatoms. The monoisotopic (exact) mass is 735 g/mol. The molecule has 7 rings (SSSR count). The summed E-state index contributed by atoms with van der Waals surface area (Å²) in [7, 11) is -1.93. The summed E-state index contributed by atoms with van der Waals surface area (Å²) in [6.45, 7) is 9.53. The summed E-state index contributed by atoms with van der Waals surface area (Å²) in [5, 5.41) is 5.25. The van der Waals surface area contributed by atoms with E-state index in [1.807, 2.05) is 39.0 Å². The average Bonchev–Trinajstić information content (AvgIpc) is 3.33. The molecule has 0 saturated carbocycles. The number of nitrogens with one attached hydrogen (secondary N) is 2. The van der Waals surface area contributed by atoms with Crippen molar-refractivity contribution in [3.05, 3.63) is 58.5 Å². The van der Waals surface area contributed by atoms with Gasteiger partial charge >= 0.3 is 11.8 Å². The van der Waals surface area contributed by atoms with E-state index in [9.17, 15) is 27.6 Å². The number of nitrogens with zero attached hydrogens (tertiary/aromatic N) is 5. The van der Waals surface area contributed by atoms with Crippen LogP contribution in [-0.4, -0.2) is 102 Å². The van der Waals surface area contributed by atoms with Crippen molar-refractivity contribution >= 4 is 44.7 Å². The number of imidazole rings is 1. The fourth-order valence-corrected chi connectivity index (χ4v) is 9.71. The zero-order chi connectivity index (χ0) is 36.9. The van der Waals surface area contributed by atoms with E-state index in [1.54, 1.807) is 34.4 Å². The normalized spacial score (nSPS) is 22.0. The minimum atomic E-state index is -3.68. The van der Waals surface area contributed by atoms with E-state index < -0.39 is 33.7 Å². The van der Waals surface area contributed by atoms with E-state index in [0.29, 0.717) is 38.4 Å². The molecule has 5 heterocycles. The van der Waals surface area contributed by atoms with Gasteiger partial charge in [0.05, 0.1) is 15.9 Å². The number of aromatic nitrogens is 2. The van der Waals surface area contributed by atoms with Gasteiger partial charge in [-0.2, -0.15) is 4.31 Å². The van der Waals surface area contributed by atoms with Gasteiger partial charge in [0.2, 0.25) is 21.8 Å². The Morgan fingerprint density at radius 1 is 0.923 bits per heavy atom. The Labute approximate surface area is 304 Å². The molecule has 3 amide bonds. The molecular formula is C37H49N7O7S. The molecule has 52 heavy (non-hydrogen) atoms. The van der Waals surface area contributed by atoms with Crippen molar-refractivity contribution in [1.82, 2.24) is 29.0 Å². The maximum absolute atomic E-state index is 13.6. The number of fused-ring (bicyclic) bond motifs is 1. The zero-order valence-corrected chi connectivity index (χ0v) is 31.2. The molecule has 1 unspecified atom stereocenters. The number of benzene rings is 2. The number of anilines is 1. The fourth-order valence-electron chi connectivity index (χ4n) is 8.21. The number of sulfonamides is 1. The van der Waals surface area contributed by atoms with E-state index in [2.05, 4.69) is 26.5 Å². The van der Waals surface area contributed by atoms with Crippen LogP contribution >= 0.6 is 0 Å². The Bertz CT molecular complexity index is 2030. The lowest BCUT2D eigenvalue weighted by molar-refractivity contribution is -0.135. The highest BCUT2D eigenvalue weighted by molar-refractivity contribution is 7.89. The fraction of sp³-hybridized carbons (Fsp3) is 0.568. The van der Waals surface area contributed by atoms with Gasteiger partial charge in [-0.15, -0.1) is 0 Å². The number of aryl methyl sites for hydroxylation is 1. The van der Waals surface area contributed by atoms with E-state index in [0.717, 1.165) is 61.3 Å². The Morgan fingerprint density at radius 2 is 1.62 bits per heavy atom. The molecule has 2 N–H and O–H groups in total. The number of amides is 3. The van der Waals surface area contributed by atoms with E-state index in [-0.39, 0.29) is 34.9 Å². The predicted molar refractivity (Wildman–Crippen MR) is 196 cm³/mol. The number of rotatable bonds is 7. The van der Waals surface area contributed by atoms with Crippen LogP contribution in [0.25, 0.3) is 11.0 Å². The second kappa shape index (κ2) is 14.0. The Morgan fingerprint density at radius 3 is 2.29 bits per heavy atom. The first-order valence-electron chi connectivity index (χ1n) is 18.3. The van der Waals surface area contributed by atoms with Crippen LogP contribution in [0.15, 0.2) is 52.2 Å². The summed E-state index contributed by atoms with van der Waals surface area (Å²) in [6, 6.07) is 12.6. The third-order valence-electron chi connectivity index (χ3n) is 11.0. The van der Waals surface area contributed by atoms with Crippen LogP contribution in [-0.2, 0) is 31.4 Å². The molecule has 1 atom stereocenters. The first kappa shape index (κ1) is 36.2. The number of hydrogen-bond donors (Lipinski definition) is 2. The van der Waals surface area contributed by atoms with Gasteiger partial charge in [-0.3, -0.25) is 28.9 Å². The molecule has 4 saturated heterocycles. The van der Waals surface area contributed by atoms with Gasteiger partial charge in [0.25, 0.3) is 0 Å². The van der Waals surface area contributed by atoms with Gasteiger partial charge in [0.1, 0.15) is 11.6 Å². The summed E-state index contributed by atoms with van der Waals surface area (Å²) < 4.78 is 37.3. The Kier molecular flexibility index (Phi) is 9.72. The maximum Gasteiger partial charge on any atom is 0.407 e. The van der Waals surface area contributed by atoms with Crippen LogP contribution in [0.1, 0.15) is 76.8 Å². The van der Waals surface area contributed by atoms with Crippen molar-refractivity contribution in [2.75, 3.05) is 44.2 Å². The van der Waals surface area contributed by atoms with E-state index in [4.69, 9.17) is 4.74 Å². The molecule has 4 aliphatic rings. The molecule has 4 aliphatic heterocycles. The molecular weight excluding hydrogens is 687 g/mol. The minimum absolute atomic E-state index is 0.134. The quantitative estimate of drug-likeness (QED) is 0.349. The van der Waals surface area contributed by atoms with Crippen molar-refractivity contribution in [2.24, 2.45) is 7.05 Å². The number of likely N-dealkylation sites (tertiary alicyclic amines) is 1. The van der Waals surface area contributed by atoms with Crippen LogP contribution in [0.5, 0.6) is 0 Å². The number of carbonyl (C=O) groups is 3. The number of piperidine rings is 3. The summed E-state index contributed by atoms with van der Waals surface area (Å²) in [6.07, 6.45) is 2.94. The zero-order valence-electron chi connectivity index (χ0n) is 30.3. The third kappa shape index (κ3) is 7.09. The number of hydrogen-bond acceptors (Lipinski definition) is 9. The van der Waals surface area contributed by atoms with E-state index in [1.165, 1.54) is 4.31 Å². The van der Waals surface area contributed by atoms with Gasteiger partial charge in [-0.05, 0) is 102 Å². The SMILES string of the molecule is Cn1c(=O)n(C2CCC(=O)NC2=O)c2cccc(C3CCN(C4CN(c5cccc(S(=O)(=O)N6CCC(NC(=O)OC(C)(C)C)CC6)c5)C4)CC3)c21. The van der Waals surface area contributed by atoms with Crippen molar-refractivity contribution in [3.63, 3.8) is 0 Å². The highest BCUT2D eigenvalue weighted by Gasteiger charge is 2.37. The van der Waals surface area contributed by atoms with E-state index >= 15 is 0 Å². The summed E-state index contributed by atoms with van der Waals surface area (Å²) >= 11 is 0. The van der Waals surface area contributed by atoms with Crippen LogP contribution in [0, 0.1) is 0 Å². The smallest absolute Gasteiger partial charge is 0.407 e. The van der Waals surface area contributed by atoms with Crippen LogP contribution in [0.4, 0.5) is 10.5 Å². The molecule has 0 radical (unpaired) electrons. The van der Waals surface area contributed by atoms with Gasteiger partial charge in [0.15, 0.2) is 0 Å². The average molecular weight is 736 g/mol. The Hall–Kier alpha value is -4.21. The first-order chi connectivity index (χ1) is 24.7. The molecule has 3 aromatic rings. The molecule has 0 aliphatic carbocycles. The van der Waals surface area contributed by atoms with Crippen LogP contribution in [0.2, 0.25) is 0 Å². The molecule has 1 aromatic heterocycles. The Balaban J connectivity index is 0.942. The number of para-hydroxylation sites is 1. The molecule has 2 aromatic carbocycles. The number of imide groups is 1. The third-order valence-corrected chi connectivity index (χ3v) is 12.9.